The van der Waals surface area contributed by atoms with Gasteiger partial charge in [0.25, 0.3) is 5.91 Å². The number of nitrogens with zero attached hydrogens (tertiary/aromatic N) is 2. The van der Waals surface area contributed by atoms with Gasteiger partial charge < -0.3 is 20.4 Å². The van der Waals surface area contributed by atoms with Gasteiger partial charge >= 0.3 is 0 Å². The van der Waals surface area contributed by atoms with Gasteiger partial charge in [0, 0.05) is 51.0 Å². The van der Waals surface area contributed by atoms with Gasteiger partial charge in [-0.1, -0.05) is 12.1 Å². The Morgan fingerprint density at radius 2 is 2.16 bits per heavy atom. The zero-order valence-corrected chi connectivity index (χ0v) is 14.8. The molecule has 3 rings (SSSR count). The summed E-state index contributed by atoms with van der Waals surface area (Å²) in [5.74, 6) is -0.171. The lowest BCUT2D eigenvalue weighted by Crippen LogP contribution is -2.46. The maximum atomic E-state index is 12.9. The quantitative estimate of drug-likeness (QED) is 0.761. The summed E-state index contributed by atoms with van der Waals surface area (Å²) in [5.41, 5.74) is 2.80. The van der Waals surface area contributed by atoms with Gasteiger partial charge in [-0.25, -0.2) is 0 Å². The summed E-state index contributed by atoms with van der Waals surface area (Å²) in [6.45, 7) is 8.01. The van der Waals surface area contributed by atoms with Crippen LogP contribution in [0.25, 0.3) is 0 Å². The Bertz CT molecular complexity index is 667. The number of fused-ring (bicyclic) bond motifs is 1. The van der Waals surface area contributed by atoms with Crippen molar-refractivity contribution in [2.45, 2.75) is 25.4 Å². The molecule has 0 spiro atoms. The minimum atomic E-state index is -0.453. The number of benzene rings is 1. The molecular formula is C19H26N4O2. The van der Waals surface area contributed by atoms with E-state index in [1.165, 1.54) is 0 Å². The average Bonchev–Trinajstić information content (AvgIpc) is 2.98. The molecule has 2 amide bonds. The monoisotopic (exact) mass is 342 g/mol. The van der Waals surface area contributed by atoms with Gasteiger partial charge in [-0.2, -0.15) is 0 Å². The Hall–Kier alpha value is -2.34. The highest BCUT2D eigenvalue weighted by Crippen LogP contribution is 2.30. The van der Waals surface area contributed by atoms with Crippen molar-refractivity contribution in [3.05, 3.63) is 42.0 Å². The van der Waals surface area contributed by atoms with Crippen molar-refractivity contribution in [2.75, 3.05) is 38.1 Å². The molecule has 2 heterocycles. The molecule has 0 aliphatic carbocycles. The summed E-state index contributed by atoms with van der Waals surface area (Å²) in [4.78, 5) is 29.2. The SMILES string of the molecule is C=CCCC(C(=O)NC)N1Cc2ccc(N3CCNCC3)cc2C1=O. The predicted octanol–water partition coefficient (Wildman–Crippen LogP) is 1.13. The number of piperazine rings is 1. The van der Waals surface area contributed by atoms with Crippen LogP contribution in [-0.4, -0.2) is 56.0 Å². The third kappa shape index (κ3) is 3.54. The first-order valence-corrected chi connectivity index (χ1v) is 8.87. The highest BCUT2D eigenvalue weighted by atomic mass is 16.2. The van der Waals surface area contributed by atoms with Crippen molar-refractivity contribution in [3.8, 4) is 0 Å². The Labute approximate surface area is 148 Å². The van der Waals surface area contributed by atoms with Gasteiger partial charge in [-0.15, -0.1) is 6.58 Å². The number of carbonyl (C=O) groups is 2. The van der Waals surface area contributed by atoms with Crippen LogP contribution in [0.5, 0.6) is 0 Å². The Morgan fingerprint density at radius 3 is 2.84 bits per heavy atom. The summed E-state index contributed by atoms with van der Waals surface area (Å²) < 4.78 is 0. The van der Waals surface area contributed by atoms with Gasteiger partial charge in [-0.05, 0) is 30.5 Å². The number of amides is 2. The van der Waals surface area contributed by atoms with E-state index in [1.54, 1.807) is 18.0 Å². The lowest BCUT2D eigenvalue weighted by Gasteiger charge is -2.29. The van der Waals surface area contributed by atoms with Crippen molar-refractivity contribution in [3.63, 3.8) is 0 Å². The fraction of sp³-hybridized carbons (Fsp3) is 0.474. The summed E-state index contributed by atoms with van der Waals surface area (Å²) in [7, 11) is 1.61. The molecule has 25 heavy (non-hydrogen) atoms. The molecule has 0 bridgehead atoms. The number of carbonyl (C=O) groups excluding carboxylic acids is 2. The Kier molecular flexibility index (Phi) is 5.38. The molecule has 2 aliphatic rings. The number of rotatable bonds is 6. The molecule has 1 fully saturated rings. The van der Waals surface area contributed by atoms with Crippen LogP contribution in [0, 0.1) is 0 Å². The number of nitrogens with one attached hydrogen (secondary N) is 2. The van der Waals surface area contributed by atoms with Crippen molar-refractivity contribution in [2.24, 2.45) is 0 Å². The maximum Gasteiger partial charge on any atom is 0.255 e. The lowest BCUT2D eigenvalue weighted by atomic mass is 10.1. The Morgan fingerprint density at radius 1 is 1.40 bits per heavy atom. The van der Waals surface area contributed by atoms with Crippen LogP contribution < -0.4 is 15.5 Å². The van der Waals surface area contributed by atoms with Gasteiger partial charge in [0.1, 0.15) is 6.04 Å². The average molecular weight is 342 g/mol. The molecule has 0 radical (unpaired) electrons. The first-order valence-electron chi connectivity index (χ1n) is 8.87. The molecule has 0 aromatic heterocycles. The standard InChI is InChI=1S/C19H26N4O2/c1-3-4-5-17(18(24)20-2)23-13-14-6-7-15(12-16(14)19(23)25)22-10-8-21-9-11-22/h3,6-7,12,17,21H,1,4-5,8-11,13H2,2H3,(H,20,24). The van der Waals surface area contributed by atoms with Crippen molar-refractivity contribution < 1.29 is 9.59 Å². The van der Waals surface area contributed by atoms with Crippen LogP contribution >= 0.6 is 0 Å². The van der Waals surface area contributed by atoms with E-state index < -0.39 is 6.04 Å². The van der Waals surface area contributed by atoms with E-state index in [2.05, 4.69) is 28.2 Å². The number of allylic oxidation sites excluding steroid dienone is 1. The highest BCUT2D eigenvalue weighted by Gasteiger charge is 2.36. The minimum Gasteiger partial charge on any atom is -0.369 e. The Balaban J connectivity index is 1.82. The molecule has 6 heteroatoms. The molecule has 1 saturated heterocycles. The molecule has 0 saturated carbocycles. The normalized spacial score (nSPS) is 18.0. The van der Waals surface area contributed by atoms with Gasteiger partial charge in [0.2, 0.25) is 5.91 Å². The second kappa shape index (κ2) is 7.70. The predicted molar refractivity (Wildman–Crippen MR) is 98.7 cm³/mol. The molecule has 2 N–H and O–H groups in total. The molecule has 1 aromatic carbocycles. The largest absolute Gasteiger partial charge is 0.369 e. The van der Waals surface area contributed by atoms with E-state index in [1.807, 2.05) is 12.1 Å². The van der Waals surface area contributed by atoms with Crippen LogP contribution in [0.3, 0.4) is 0 Å². The molecule has 1 aromatic rings. The van der Waals surface area contributed by atoms with E-state index in [0.29, 0.717) is 19.4 Å². The van der Waals surface area contributed by atoms with E-state index in [0.717, 1.165) is 43.0 Å². The van der Waals surface area contributed by atoms with E-state index in [4.69, 9.17) is 0 Å². The van der Waals surface area contributed by atoms with E-state index in [9.17, 15) is 9.59 Å². The molecule has 1 unspecified atom stereocenters. The van der Waals surface area contributed by atoms with Crippen molar-refractivity contribution in [1.82, 2.24) is 15.5 Å². The lowest BCUT2D eigenvalue weighted by molar-refractivity contribution is -0.125. The second-order valence-corrected chi connectivity index (χ2v) is 6.51. The third-order valence-electron chi connectivity index (χ3n) is 4.98. The fourth-order valence-corrected chi connectivity index (χ4v) is 3.55. The van der Waals surface area contributed by atoms with E-state index >= 15 is 0 Å². The van der Waals surface area contributed by atoms with Gasteiger partial charge in [0.05, 0.1) is 0 Å². The minimum absolute atomic E-state index is 0.0513. The molecule has 134 valence electrons. The second-order valence-electron chi connectivity index (χ2n) is 6.51. The number of anilines is 1. The van der Waals surface area contributed by atoms with Gasteiger partial charge in [-0.3, -0.25) is 9.59 Å². The highest BCUT2D eigenvalue weighted by molar-refractivity contribution is 6.01. The zero-order chi connectivity index (χ0) is 17.8. The summed E-state index contributed by atoms with van der Waals surface area (Å²) in [5, 5.41) is 6.02. The topological polar surface area (TPSA) is 64.7 Å². The molecular weight excluding hydrogens is 316 g/mol. The number of likely N-dealkylation sites (N-methyl/N-ethyl adjacent to an activating group) is 1. The molecule has 6 nitrogen and oxygen atoms in total. The van der Waals surface area contributed by atoms with Crippen LogP contribution in [0.1, 0.15) is 28.8 Å². The van der Waals surface area contributed by atoms with Crippen LogP contribution in [0.2, 0.25) is 0 Å². The van der Waals surface area contributed by atoms with Crippen LogP contribution in [-0.2, 0) is 11.3 Å². The summed E-state index contributed by atoms with van der Waals surface area (Å²) >= 11 is 0. The summed E-state index contributed by atoms with van der Waals surface area (Å²) in [6.07, 6.45) is 3.07. The summed E-state index contributed by atoms with van der Waals surface area (Å²) in [6, 6.07) is 5.64. The van der Waals surface area contributed by atoms with E-state index in [-0.39, 0.29) is 11.8 Å². The maximum absolute atomic E-state index is 12.9. The third-order valence-corrected chi connectivity index (χ3v) is 4.98. The van der Waals surface area contributed by atoms with Crippen molar-refractivity contribution in [1.29, 1.82) is 0 Å². The number of hydrogen-bond acceptors (Lipinski definition) is 4. The number of hydrogen-bond donors (Lipinski definition) is 2. The smallest absolute Gasteiger partial charge is 0.255 e. The molecule has 2 aliphatic heterocycles. The van der Waals surface area contributed by atoms with Crippen molar-refractivity contribution >= 4 is 17.5 Å². The molecule has 1 atom stereocenters. The van der Waals surface area contributed by atoms with Crippen LogP contribution in [0.4, 0.5) is 5.69 Å². The fourth-order valence-electron chi connectivity index (χ4n) is 3.55. The van der Waals surface area contributed by atoms with Gasteiger partial charge in [0.15, 0.2) is 0 Å². The zero-order valence-electron chi connectivity index (χ0n) is 14.8. The first kappa shape index (κ1) is 17.5. The van der Waals surface area contributed by atoms with Crippen LogP contribution in [0.15, 0.2) is 30.9 Å². The first-order chi connectivity index (χ1) is 12.2.